The van der Waals surface area contributed by atoms with Crippen molar-refractivity contribution in [1.29, 1.82) is 0 Å². The van der Waals surface area contributed by atoms with Gasteiger partial charge in [-0.2, -0.15) is 5.01 Å². The standard InChI is InChI=1S/C25H22Cl2N2O5/c1-34-17-7-4-13(5-8-17)20(30)12-28(23(31)18-9-6-16(26)11-19(18)27)29-24(32)21-14-2-3-15(10-14)22(21)25(29)33/h4-9,11,14-15,21-22H,2-3,10,12H2,1H3/t14-,15-,21-,22-/m0/s1. The van der Waals surface area contributed by atoms with Crippen LogP contribution in [0.3, 0.4) is 0 Å². The number of hydrogen-bond donors (Lipinski definition) is 0. The maximum Gasteiger partial charge on any atom is 0.274 e. The summed E-state index contributed by atoms with van der Waals surface area (Å²) in [5.74, 6) is -1.97. The number of ketones is 1. The van der Waals surface area contributed by atoms with Gasteiger partial charge in [0.2, 0.25) is 0 Å². The molecule has 34 heavy (non-hydrogen) atoms. The first kappa shape index (κ1) is 22.9. The molecule has 5 rings (SSSR count). The Hall–Kier alpha value is -2.90. The molecular weight excluding hydrogens is 479 g/mol. The molecule has 1 saturated heterocycles. The van der Waals surface area contributed by atoms with Gasteiger partial charge in [0.15, 0.2) is 5.78 Å². The molecule has 2 aliphatic carbocycles. The van der Waals surface area contributed by atoms with E-state index in [2.05, 4.69) is 0 Å². The lowest BCUT2D eigenvalue weighted by atomic mass is 9.81. The molecular formula is C25H22Cl2N2O5. The van der Waals surface area contributed by atoms with Crippen molar-refractivity contribution in [2.75, 3.05) is 13.7 Å². The molecule has 2 aromatic carbocycles. The summed E-state index contributed by atoms with van der Waals surface area (Å²) in [6.07, 6.45) is 2.67. The molecule has 2 aromatic rings. The van der Waals surface area contributed by atoms with Gasteiger partial charge in [-0.25, -0.2) is 5.01 Å². The van der Waals surface area contributed by atoms with Gasteiger partial charge in [-0.05, 0) is 73.6 Å². The van der Waals surface area contributed by atoms with Crippen molar-refractivity contribution in [3.63, 3.8) is 0 Å². The molecule has 4 atom stereocenters. The average molecular weight is 501 g/mol. The minimum atomic E-state index is -0.711. The Morgan fingerprint density at radius 3 is 2.18 bits per heavy atom. The van der Waals surface area contributed by atoms with E-state index in [1.807, 2.05) is 0 Å². The van der Waals surface area contributed by atoms with Crippen LogP contribution in [0.5, 0.6) is 5.75 Å². The van der Waals surface area contributed by atoms with Crippen LogP contribution >= 0.6 is 23.2 Å². The highest BCUT2D eigenvalue weighted by atomic mass is 35.5. The predicted octanol–water partition coefficient (Wildman–Crippen LogP) is 4.27. The van der Waals surface area contributed by atoms with Crippen LogP contribution in [0.2, 0.25) is 10.0 Å². The number of hydrazine groups is 1. The highest BCUT2D eigenvalue weighted by molar-refractivity contribution is 6.36. The summed E-state index contributed by atoms with van der Waals surface area (Å²) in [5.41, 5.74) is 0.370. The molecule has 0 aromatic heterocycles. The van der Waals surface area contributed by atoms with E-state index in [0.29, 0.717) is 16.3 Å². The van der Waals surface area contributed by atoms with Crippen molar-refractivity contribution < 1.29 is 23.9 Å². The van der Waals surface area contributed by atoms with Gasteiger partial charge in [0.25, 0.3) is 17.7 Å². The molecule has 2 saturated carbocycles. The van der Waals surface area contributed by atoms with Gasteiger partial charge < -0.3 is 4.74 Å². The zero-order valence-electron chi connectivity index (χ0n) is 18.4. The van der Waals surface area contributed by atoms with Crippen LogP contribution in [0.1, 0.15) is 40.0 Å². The lowest BCUT2D eigenvalue weighted by Crippen LogP contribution is -2.52. The lowest BCUT2D eigenvalue weighted by Gasteiger charge is -2.31. The molecule has 176 valence electrons. The minimum absolute atomic E-state index is 0.0502. The molecule has 0 N–H and O–H groups in total. The summed E-state index contributed by atoms with van der Waals surface area (Å²) in [7, 11) is 1.52. The summed E-state index contributed by atoms with van der Waals surface area (Å²) in [4.78, 5) is 53.6. The summed E-state index contributed by atoms with van der Waals surface area (Å²) < 4.78 is 5.13. The van der Waals surface area contributed by atoms with E-state index in [4.69, 9.17) is 27.9 Å². The van der Waals surface area contributed by atoms with Gasteiger partial charge in [0.1, 0.15) is 12.3 Å². The molecule has 9 heteroatoms. The highest BCUT2D eigenvalue weighted by Crippen LogP contribution is 2.56. The average Bonchev–Trinajstić information content (AvgIpc) is 3.51. The van der Waals surface area contributed by atoms with E-state index >= 15 is 0 Å². The number of rotatable bonds is 6. The second-order valence-electron chi connectivity index (χ2n) is 9.01. The molecule has 3 fully saturated rings. The number of benzene rings is 2. The van der Waals surface area contributed by atoms with Gasteiger partial charge in [0.05, 0.1) is 29.5 Å². The summed E-state index contributed by atoms with van der Waals surface area (Å²) in [5, 5.41) is 2.25. The van der Waals surface area contributed by atoms with E-state index in [-0.39, 0.29) is 22.4 Å². The predicted molar refractivity (Wildman–Crippen MR) is 124 cm³/mol. The van der Waals surface area contributed by atoms with Crippen molar-refractivity contribution in [1.82, 2.24) is 10.0 Å². The van der Waals surface area contributed by atoms with E-state index in [9.17, 15) is 19.2 Å². The zero-order valence-corrected chi connectivity index (χ0v) is 19.9. The minimum Gasteiger partial charge on any atom is -0.497 e. The molecule has 1 aliphatic heterocycles. The maximum atomic E-state index is 13.6. The fourth-order valence-corrected chi connectivity index (χ4v) is 6.16. The Labute approximate surface area is 206 Å². The number of carbonyl (C=O) groups excluding carboxylic acids is 4. The number of carbonyl (C=O) groups is 4. The van der Waals surface area contributed by atoms with Crippen molar-refractivity contribution in [2.45, 2.75) is 19.3 Å². The number of Topliss-reactive ketones (excluding diaryl/α,β-unsaturated/α-hetero) is 1. The van der Waals surface area contributed by atoms with Crippen molar-refractivity contribution in [3.05, 3.63) is 63.6 Å². The largest absolute Gasteiger partial charge is 0.497 e. The summed E-state index contributed by atoms with van der Waals surface area (Å²) >= 11 is 12.2. The fraction of sp³-hybridized carbons (Fsp3) is 0.360. The van der Waals surface area contributed by atoms with Gasteiger partial charge in [-0.3, -0.25) is 19.2 Å². The normalized spacial score (nSPS) is 25.0. The monoisotopic (exact) mass is 500 g/mol. The molecule has 0 spiro atoms. The van der Waals surface area contributed by atoms with Crippen molar-refractivity contribution >= 4 is 46.7 Å². The maximum absolute atomic E-state index is 13.6. The summed E-state index contributed by atoms with van der Waals surface area (Å²) in [6.45, 7) is -0.490. The molecule has 2 bridgehead atoms. The molecule has 0 radical (unpaired) electrons. The van der Waals surface area contributed by atoms with Crippen LogP contribution in [0.25, 0.3) is 0 Å². The number of fused-ring (bicyclic) bond motifs is 5. The number of hydrogen-bond acceptors (Lipinski definition) is 5. The van der Waals surface area contributed by atoms with E-state index in [1.54, 1.807) is 24.3 Å². The van der Waals surface area contributed by atoms with Crippen LogP contribution in [-0.2, 0) is 9.59 Å². The summed E-state index contributed by atoms with van der Waals surface area (Å²) in [6, 6.07) is 10.7. The fourth-order valence-electron chi connectivity index (χ4n) is 5.67. The Kier molecular flexibility index (Phi) is 5.86. The van der Waals surface area contributed by atoms with Gasteiger partial charge >= 0.3 is 0 Å². The third-order valence-corrected chi connectivity index (χ3v) is 7.79. The first-order chi connectivity index (χ1) is 16.3. The van der Waals surface area contributed by atoms with Crippen LogP contribution in [0, 0.1) is 23.7 Å². The number of imide groups is 1. The second kappa shape index (κ2) is 8.71. The Morgan fingerprint density at radius 1 is 1.00 bits per heavy atom. The molecule has 7 nitrogen and oxygen atoms in total. The van der Waals surface area contributed by atoms with Crippen LogP contribution in [0.15, 0.2) is 42.5 Å². The SMILES string of the molecule is COc1ccc(C(=O)CN(C(=O)c2ccc(Cl)cc2Cl)N2C(=O)[C@H]3[C@H]4CC[C@@H](C4)[C@@H]3C2=O)cc1. The van der Waals surface area contributed by atoms with E-state index in [1.165, 1.54) is 25.3 Å². The van der Waals surface area contributed by atoms with Gasteiger partial charge in [-0.15, -0.1) is 0 Å². The molecule has 3 amide bonds. The highest BCUT2D eigenvalue weighted by Gasteiger charge is 2.62. The van der Waals surface area contributed by atoms with Crippen LogP contribution < -0.4 is 4.74 Å². The molecule has 1 heterocycles. The smallest absolute Gasteiger partial charge is 0.274 e. The van der Waals surface area contributed by atoms with Crippen LogP contribution in [0.4, 0.5) is 0 Å². The number of amides is 3. The van der Waals surface area contributed by atoms with Gasteiger partial charge in [-0.1, -0.05) is 23.2 Å². The quantitative estimate of drug-likeness (QED) is 0.436. The number of nitrogens with zero attached hydrogens (tertiary/aromatic N) is 2. The third-order valence-electron chi connectivity index (χ3n) is 7.25. The topological polar surface area (TPSA) is 84.0 Å². The third kappa shape index (κ3) is 3.67. The molecule has 0 unspecified atom stereocenters. The number of methoxy groups -OCH3 is 1. The van der Waals surface area contributed by atoms with Crippen molar-refractivity contribution in [3.8, 4) is 5.75 Å². The lowest BCUT2D eigenvalue weighted by molar-refractivity contribution is -0.154. The second-order valence-corrected chi connectivity index (χ2v) is 9.86. The van der Waals surface area contributed by atoms with E-state index in [0.717, 1.165) is 29.3 Å². The first-order valence-corrected chi connectivity index (χ1v) is 11.9. The van der Waals surface area contributed by atoms with Crippen LogP contribution in [-0.4, -0.2) is 47.2 Å². The number of halogens is 2. The molecule has 3 aliphatic rings. The Bertz CT molecular complexity index is 1170. The van der Waals surface area contributed by atoms with Gasteiger partial charge in [0, 0.05) is 10.6 Å². The Morgan fingerprint density at radius 2 is 1.62 bits per heavy atom. The Balaban J connectivity index is 1.50. The van der Waals surface area contributed by atoms with Crippen molar-refractivity contribution in [2.24, 2.45) is 23.7 Å². The number of ether oxygens (including phenoxy) is 1. The van der Waals surface area contributed by atoms with E-state index < -0.39 is 41.9 Å². The first-order valence-electron chi connectivity index (χ1n) is 11.1. The zero-order chi connectivity index (χ0) is 24.1.